The van der Waals surface area contributed by atoms with E-state index in [0.717, 1.165) is 0 Å². The molecule has 0 amide bonds. The number of aliphatic hydroxyl groups is 1. The lowest BCUT2D eigenvalue weighted by atomic mass is 10.3. The Hall–Kier alpha value is -1.16. The van der Waals surface area contributed by atoms with Crippen molar-refractivity contribution in [2.75, 3.05) is 6.61 Å². The monoisotopic (exact) mass is 272 g/mol. The molecule has 1 unspecified atom stereocenters. The average molecular weight is 273 g/mol. The van der Waals surface area contributed by atoms with Gasteiger partial charge in [-0.25, -0.2) is 0 Å². The number of rotatable bonds is 4. The van der Waals surface area contributed by atoms with Gasteiger partial charge in [-0.2, -0.15) is 0 Å². The van der Waals surface area contributed by atoms with E-state index in [1.165, 1.54) is 0 Å². The van der Waals surface area contributed by atoms with E-state index in [1.807, 2.05) is 0 Å². The fraction of sp³-hybridized carbons (Fsp3) is 0.167. The van der Waals surface area contributed by atoms with Gasteiger partial charge in [0.15, 0.2) is 5.22 Å². The number of hydrogen-bond donors (Lipinski definition) is 1. The zero-order valence-corrected chi connectivity index (χ0v) is 10.3. The minimum Gasteiger partial charge on any atom is -0.489 e. The molecule has 3 nitrogen and oxygen atoms in total. The van der Waals surface area contributed by atoms with Crippen LogP contribution < -0.4 is 4.74 Å². The van der Waals surface area contributed by atoms with E-state index in [1.54, 1.807) is 36.4 Å². The number of para-hydroxylation sites is 1. The number of ether oxygens (including phenoxy) is 1. The van der Waals surface area contributed by atoms with Crippen molar-refractivity contribution >= 4 is 23.2 Å². The van der Waals surface area contributed by atoms with Crippen molar-refractivity contribution in [3.63, 3.8) is 0 Å². The summed E-state index contributed by atoms with van der Waals surface area (Å²) in [4.78, 5) is 0. The summed E-state index contributed by atoms with van der Waals surface area (Å²) in [6.45, 7) is 0.0492. The molecule has 2 aromatic rings. The van der Waals surface area contributed by atoms with Gasteiger partial charge in [0.25, 0.3) is 0 Å². The highest BCUT2D eigenvalue weighted by atomic mass is 35.5. The molecule has 1 heterocycles. The molecule has 0 aliphatic rings. The van der Waals surface area contributed by atoms with Gasteiger partial charge in [0.1, 0.15) is 24.2 Å². The fourth-order valence-electron chi connectivity index (χ4n) is 1.32. The summed E-state index contributed by atoms with van der Waals surface area (Å²) >= 11 is 11.5. The van der Waals surface area contributed by atoms with Gasteiger partial charge in [-0.15, -0.1) is 0 Å². The Morgan fingerprint density at radius 3 is 2.59 bits per heavy atom. The predicted molar refractivity (Wildman–Crippen MR) is 65.6 cm³/mol. The highest BCUT2D eigenvalue weighted by Crippen LogP contribution is 2.25. The first-order valence-corrected chi connectivity index (χ1v) is 5.73. The van der Waals surface area contributed by atoms with Crippen LogP contribution in [0, 0.1) is 0 Å². The van der Waals surface area contributed by atoms with Gasteiger partial charge >= 0.3 is 0 Å². The quantitative estimate of drug-likeness (QED) is 0.923. The molecule has 0 radical (unpaired) electrons. The van der Waals surface area contributed by atoms with E-state index in [9.17, 15) is 5.11 Å². The maximum Gasteiger partial charge on any atom is 0.193 e. The van der Waals surface area contributed by atoms with Crippen LogP contribution in [0.15, 0.2) is 40.8 Å². The zero-order valence-electron chi connectivity index (χ0n) is 8.77. The maximum atomic E-state index is 9.77. The smallest absolute Gasteiger partial charge is 0.193 e. The summed E-state index contributed by atoms with van der Waals surface area (Å²) in [5.74, 6) is 0.882. The van der Waals surface area contributed by atoms with Crippen LogP contribution in [0.3, 0.4) is 0 Å². The lowest BCUT2D eigenvalue weighted by Gasteiger charge is -2.11. The Labute approximate surface area is 109 Å². The van der Waals surface area contributed by atoms with Gasteiger partial charge in [-0.05, 0) is 35.9 Å². The molecular weight excluding hydrogens is 263 g/mol. The van der Waals surface area contributed by atoms with Crippen LogP contribution in [0.4, 0.5) is 0 Å². The van der Waals surface area contributed by atoms with Crippen molar-refractivity contribution in [1.82, 2.24) is 0 Å². The van der Waals surface area contributed by atoms with Crippen LogP contribution >= 0.6 is 23.2 Å². The van der Waals surface area contributed by atoms with Crippen molar-refractivity contribution in [2.24, 2.45) is 0 Å². The highest BCUT2D eigenvalue weighted by Gasteiger charge is 2.13. The van der Waals surface area contributed by atoms with Gasteiger partial charge in [-0.1, -0.05) is 23.7 Å². The number of halogens is 2. The Kier molecular flexibility index (Phi) is 3.94. The van der Waals surface area contributed by atoms with Crippen molar-refractivity contribution in [1.29, 1.82) is 0 Å². The molecule has 0 bridgehead atoms. The molecule has 0 saturated carbocycles. The molecular formula is C12H10Cl2O3. The maximum absolute atomic E-state index is 9.77. The van der Waals surface area contributed by atoms with Crippen LogP contribution in [0.5, 0.6) is 5.75 Å². The SMILES string of the molecule is OC(COc1ccccc1Cl)c1ccc(Cl)o1. The largest absolute Gasteiger partial charge is 0.489 e. The number of hydrogen-bond acceptors (Lipinski definition) is 3. The Morgan fingerprint density at radius 2 is 1.94 bits per heavy atom. The van der Waals surface area contributed by atoms with Crippen LogP contribution in [0.2, 0.25) is 10.2 Å². The Balaban J connectivity index is 1.97. The minimum atomic E-state index is -0.876. The van der Waals surface area contributed by atoms with Crippen molar-refractivity contribution in [3.05, 3.63) is 52.4 Å². The van der Waals surface area contributed by atoms with E-state index in [0.29, 0.717) is 16.5 Å². The first-order valence-electron chi connectivity index (χ1n) is 4.97. The van der Waals surface area contributed by atoms with Gasteiger partial charge in [0.05, 0.1) is 5.02 Å². The second-order valence-corrected chi connectivity index (χ2v) is 4.18. The molecule has 2 rings (SSSR count). The van der Waals surface area contributed by atoms with Crippen LogP contribution in [0.1, 0.15) is 11.9 Å². The number of benzene rings is 1. The highest BCUT2D eigenvalue weighted by molar-refractivity contribution is 6.32. The third kappa shape index (κ3) is 3.16. The predicted octanol–water partition coefficient (Wildman–Crippen LogP) is 3.70. The summed E-state index contributed by atoms with van der Waals surface area (Å²) in [5, 5.41) is 10.5. The van der Waals surface area contributed by atoms with Crippen LogP contribution in [0.25, 0.3) is 0 Å². The molecule has 0 aliphatic carbocycles. The molecule has 1 aromatic heterocycles. The van der Waals surface area contributed by atoms with Crippen molar-refractivity contribution < 1.29 is 14.3 Å². The normalized spacial score (nSPS) is 12.4. The molecule has 17 heavy (non-hydrogen) atoms. The first kappa shape index (κ1) is 12.3. The molecule has 1 atom stereocenters. The third-order valence-electron chi connectivity index (χ3n) is 2.16. The van der Waals surface area contributed by atoms with E-state index in [2.05, 4.69) is 0 Å². The van der Waals surface area contributed by atoms with E-state index < -0.39 is 6.10 Å². The number of aliphatic hydroxyl groups excluding tert-OH is 1. The molecule has 1 aromatic carbocycles. The van der Waals surface area contributed by atoms with Gasteiger partial charge in [0, 0.05) is 0 Å². The lowest BCUT2D eigenvalue weighted by Crippen LogP contribution is -2.08. The van der Waals surface area contributed by atoms with Crippen LogP contribution in [-0.4, -0.2) is 11.7 Å². The molecule has 0 aliphatic heterocycles. The van der Waals surface area contributed by atoms with Gasteiger partial charge in [0.2, 0.25) is 0 Å². The molecule has 90 valence electrons. The molecule has 1 N–H and O–H groups in total. The van der Waals surface area contributed by atoms with Gasteiger partial charge < -0.3 is 14.3 Å². The van der Waals surface area contributed by atoms with E-state index >= 15 is 0 Å². The molecule has 0 spiro atoms. The van der Waals surface area contributed by atoms with Crippen molar-refractivity contribution in [2.45, 2.75) is 6.10 Å². The van der Waals surface area contributed by atoms with E-state index in [-0.39, 0.29) is 11.8 Å². The van der Waals surface area contributed by atoms with Gasteiger partial charge in [-0.3, -0.25) is 0 Å². The summed E-state index contributed by atoms with van der Waals surface area (Å²) < 4.78 is 10.4. The number of furan rings is 1. The van der Waals surface area contributed by atoms with Crippen LogP contribution in [-0.2, 0) is 0 Å². The zero-order chi connectivity index (χ0) is 12.3. The summed E-state index contributed by atoms with van der Waals surface area (Å²) in [7, 11) is 0. The second kappa shape index (κ2) is 5.45. The minimum absolute atomic E-state index is 0.0492. The average Bonchev–Trinajstić information content (AvgIpc) is 2.74. The standard InChI is InChI=1S/C12H10Cl2O3/c13-8-3-1-2-4-10(8)16-7-9(15)11-5-6-12(14)17-11/h1-6,9,15H,7H2. The summed E-state index contributed by atoms with van der Waals surface area (Å²) in [6, 6.07) is 10.2. The molecule has 0 saturated heterocycles. The lowest BCUT2D eigenvalue weighted by molar-refractivity contribution is 0.0890. The third-order valence-corrected chi connectivity index (χ3v) is 2.67. The fourth-order valence-corrected chi connectivity index (χ4v) is 1.66. The molecule has 5 heteroatoms. The summed E-state index contributed by atoms with van der Waals surface area (Å²) in [6.07, 6.45) is -0.876. The summed E-state index contributed by atoms with van der Waals surface area (Å²) in [5.41, 5.74) is 0. The van der Waals surface area contributed by atoms with E-state index in [4.69, 9.17) is 32.4 Å². The molecule has 0 fully saturated rings. The Morgan fingerprint density at radius 1 is 1.18 bits per heavy atom. The van der Waals surface area contributed by atoms with Crippen molar-refractivity contribution in [3.8, 4) is 5.75 Å². The Bertz CT molecular complexity index is 496. The second-order valence-electron chi connectivity index (χ2n) is 3.40. The first-order chi connectivity index (χ1) is 8.16. The topological polar surface area (TPSA) is 42.6 Å².